The minimum absolute atomic E-state index is 0.0379. The van der Waals surface area contributed by atoms with E-state index in [2.05, 4.69) is 93.6 Å². The molecule has 4 aromatic carbocycles. The molecule has 0 unspecified atom stereocenters. The van der Waals surface area contributed by atoms with E-state index in [1.165, 1.54) is 11.1 Å². The van der Waals surface area contributed by atoms with Gasteiger partial charge in [0.1, 0.15) is 12.2 Å². The second kappa shape index (κ2) is 15.1. The zero-order chi connectivity index (χ0) is 30.2. The second-order valence-electron chi connectivity index (χ2n) is 11.7. The highest BCUT2D eigenvalue weighted by Gasteiger charge is 2.46. The van der Waals surface area contributed by atoms with Crippen molar-refractivity contribution in [2.24, 2.45) is 11.7 Å². The van der Waals surface area contributed by atoms with Crippen LogP contribution in [0.3, 0.4) is 0 Å². The fraction of sp³-hybridized carbons (Fsp3) is 0.368. The van der Waals surface area contributed by atoms with E-state index >= 15 is 0 Å². The molecule has 0 aliphatic carbocycles. The summed E-state index contributed by atoms with van der Waals surface area (Å²) < 4.78 is 20.5. The predicted octanol–water partition coefficient (Wildman–Crippen LogP) is 8.40. The van der Waals surface area contributed by atoms with Crippen LogP contribution in [0.15, 0.2) is 97.1 Å². The Morgan fingerprint density at radius 2 is 1.35 bits per heavy atom. The lowest BCUT2D eigenvalue weighted by Gasteiger charge is -2.46. The van der Waals surface area contributed by atoms with Gasteiger partial charge in [0, 0.05) is 10.9 Å². The number of hydrogen-bond acceptors (Lipinski definition) is 4. The maximum Gasteiger partial charge on any atom is 0.115 e. The minimum atomic E-state index is -0.301. The Kier molecular flexibility index (Phi) is 11.1. The van der Waals surface area contributed by atoms with Crippen molar-refractivity contribution in [1.82, 2.24) is 0 Å². The Morgan fingerprint density at radius 1 is 0.767 bits per heavy atom. The van der Waals surface area contributed by atoms with Crippen LogP contribution in [0.25, 0.3) is 0 Å². The highest BCUT2D eigenvalue weighted by molar-refractivity contribution is 6.31. The average molecular weight is 598 g/mol. The minimum Gasteiger partial charge on any atom is -0.370 e. The number of rotatable bonds is 12. The van der Waals surface area contributed by atoms with Crippen LogP contribution in [-0.2, 0) is 40.3 Å². The maximum atomic E-state index is 6.93. The van der Waals surface area contributed by atoms with Crippen molar-refractivity contribution in [3.05, 3.63) is 141 Å². The highest BCUT2D eigenvalue weighted by Crippen LogP contribution is 2.42. The summed E-state index contributed by atoms with van der Waals surface area (Å²) in [6.07, 6.45) is 1.79. The van der Waals surface area contributed by atoms with Crippen LogP contribution in [0.5, 0.6) is 0 Å². The lowest BCUT2D eigenvalue weighted by Crippen LogP contribution is -2.51. The van der Waals surface area contributed by atoms with E-state index in [9.17, 15) is 0 Å². The van der Waals surface area contributed by atoms with Crippen molar-refractivity contribution in [3.63, 3.8) is 0 Å². The summed E-state index contributed by atoms with van der Waals surface area (Å²) in [4.78, 5) is 0. The SMILES string of the molecule is CC[C@H]1O[C@@H](c2cc(Cc3ccc(CCN)cc3)c(Cl)cc2C)[C@H](OCc2ccccc2)[C@@H](OCc2ccccc2)[C@@H]1C. The molecule has 226 valence electrons. The van der Waals surface area contributed by atoms with Crippen molar-refractivity contribution in [1.29, 1.82) is 0 Å². The third-order valence-corrected chi connectivity index (χ3v) is 8.97. The molecule has 5 atom stereocenters. The van der Waals surface area contributed by atoms with Gasteiger partial charge in [-0.3, -0.25) is 0 Å². The quantitative estimate of drug-likeness (QED) is 0.178. The molecule has 0 spiro atoms. The van der Waals surface area contributed by atoms with Gasteiger partial charge in [0.05, 0.1) is 25.4 Å². The molecule has 1 aliphatic heterocycles. The fourth-order valence-corrected chi connectivity index (χ4v) is 6.43. The van der Waals surface area contributed by atoms with Crippen molar-refractivity contribution >= 4 is 11.6 Å². The van der Waals surface area contributed by atoms with Gasteiger partial charge < -0.3 is 19.9 Å². The Morgan fingerprint density at radius 3 is 1.93 bits per heavy atom. The molecule has 0 bridgehead atoms. The molecule has 43 heavy (non-hydrogen) atoms. The molecule has 0 aromatic heterocycles. The summed E-state index contributed by atoms with van der Waals surface area (Å²) in [5.41, 5.74) is 13.8. The molecule has 1 fully saturated rings. The van der Waals surface area contributed by atoms with Crippen molar-refractivity contribution in [2.45, 2.75) is 77.7 Å². The zero-order valence-corrected chi connectivity index (χ0v) is 26.3. The predicted molar refractivity (Wildman–Crippen MR) is 175 cm³/mol. The first-order valence-electron chi connectivity index (χ1n) is 15.5. The van der Waals surface area contributed by atoms with Gasteiger partial charge >= 0.3 is 0 Å². The van der Waals surface area contributed by atoms with Gasteiger partial charge in [-0.25, -0.2) is 0 Å². The average Bonchev–Trinajstić information content (AvgIpc) is 3.03. The number of aryl methyl sites for hydroxylation is 1. The monoisotopic (exact) mass is 597 g/mol. The molecular weight excluding hydrogens is 554 g/mol. The Hall–Kier alpha value is -2.99. The van der Waals surface area contributed by atoms with Crippen molar-refractivity contribution < 1.29 is 14.2 Å². The molecule has 1 heterocycles. The molecule has 0 amide bonds. The second-order valence-corrected chi connectivity index (χ2v) is 12.1. The van der Waals surface area contributed by atoms with E-state index in [0.717, 1.165) is 52.1 Å². The van der Waals surface area contributed by atoms with Crippen LogP contribution in [0, 0.1) is 12.8 Å². The Bertz CT molecular complexity index is 1430. The first kappa shape index (κ1) is 31.4. The number of nitrogens with two attached hydrogens (primary N) is 1. The number of ether oxygens (including phenoxy) is 3. The number of hydrogen-bond donors (Lipinski definition) is 1. The van der Waals surface area contributed by atoms with Gasteiger partial charge in [-0.2, -0.15) is 0 Å². The van der Waals surface area contributed by atoms with Crippen molar-refractivity contribution in [3.8, 4) is 0 Å². The van der Waals surface area contributed by atoms with Gasteiger partial charge in [-0.1, -0.05) is 116 Å². The molecule has 4 nitrogen and oxygen atoms in total. The molecule has 2 N–H and O–H groups in total. The van der Waals surface area contributed by atoms with Crippen LogP contribution in [-0.4, -0.2) is 24.9 Å². The first-order valence-corrected chi connectivity index (χ1v) is 15.9. The topological polar surface area (TPSA) is 53.7 Å². The van der Waals surface area contributed by atoms with E-state index in [-0.39, 0.29) is 30.3 Å². The molecule has 1 aliphatic rings. The number of halogens is 1. The smallest absolute Gasteiger partial charge is 0.115 e. The molecule has 4 aromatic rings. The number of benzene rings is 4. The van der Waals surface area contributed by atoms with Crippen LogP contribution in [0.2, 0.25) is 5.02 Å². The van der Waals surface area contributed by atoms with Crippen LogP contribution < -0.4 is 5.73 Å². The first-order chi connectivity index (χ1) is 21.0. The summed E-state index contributed by atoms with van der Waals surface area (Å²) in [6, 6.07) is 33.6. The molecule has 5 heteroatoms. The molecule has 1 saturated heterocycles. The Balaban J connectivity index is 1.48. The van der Waals surface area contributed by atoms with E-state index in [1.54, 1.807) is 0 Å². The summed E-state index contributed by atoms with van der Waals surface area (Å²) in [5, 5.41) is 0.766. The van der Waals surface area contributed by atoms with Crippen LogP contribution >= 0.6 is 11.6 Å². The van der Waals surface area contributed by atoms with E-state index < -0.39 is 0 Å². The Labute approximate surface area is 262 Å². The van der Waals surface area contributed by atoms with Gasteiger partial charge in [0.2, 0.25) is 0 Å². The van der Waals surface area contributed by atoms with Crippen LogP contribution in [0.4, 0.5) is 0 Å². The molecule has 0 saturated carbocycles. The van der Waals surface area contributed by atoms with Gasteiger partial charge in [-0.05, 0) is 77.7 Å². The van der Waals surface area contributed by atoms with Crippen molar-refractivity contribution in [2.75, 3.05) is 6.54 Å². The summed E-state index contributed by atoms with van der Waals surface area (Å²) in [7, 11) is 0. The summed E-state index contributed by atoms with van der Waals surface area (Å²) in [5.74, 6) is 0.157. The van der Waals surface area contributed by atoms with Crippen LogP contribution in [0.1, 0.15) is 65.3 Å². The summed E-state index contributed by atoms with van der Waals surface area (Å²) >= 11 is 6.86. The third kappa shape index (κ3) is 7.94. The van der Waals surface area contributed by atoms with Gasteiger partial charge in [0.25, 0.3) is 0 Å². The third-order valence-electron chi connectivity index (χ3n) is 8.61. The molecular formula is C38H44ClNO3. The van der Waals surface area contributed by atoms with Gasteiger partial charge in [0.15, 0.2) is 0 Å². The molecule has 5 rings (SSSR count). The lowest BCUT2D eigenvalue weighted by molar-refractivity contribution is -0.235. The molecule has 0 radical (unpaired) electrons. The van der Waals surface area contributed by atoms with E-state index in [4.69, 9.17) is 31.5 Å². The maximum absolute atomic E-state index is 6.93. The van der Waals surface area contributed by atoms with E-state index in [1.807, 2.05) is 24.3 Å². The lowest BCUT2D eigenvalue weighted by atomic mass is 9.83. The fourth-order valence-electron chi connectivity index (χ4n) is 6.14. The highest BCUT2D eigenvalue weighted by atomic mass is 35.5. The van der Waals surface area contributed by atoms with E-state index in [0.29, 0.717) is 19.8 Å². The standard InChI is InChI=1S/C38H44ClNO3/c1-4-35-27(3)36(41-24-30-11-7-5-8-12-30)38(42-25-31-13-9-6-10-14-31)37(43-35)33-23-32(34(39)21-26(33)2)22-29-17-15-28(16-18-29)19-20-40/h5-18,21,23,27,35-38H,4,19-20,22,24-25,40H2,1-3H3/t27-,35-,36+,37+,38-/m1/s1. The summed E-state index contributed by atoms with van der Waals surface area (Å²) in [6.45, 7) is 8.18. The zero-order valence-electron chi connectivity index (χ0n) is 25.5. The largest absolute Gasteiger partial charge is 0.370 e. The normalized spacial score (nSPS) is 22.0. The van der Waals surface area contributed by atoms with Gasteiger partial charge in [-0.15, -0.1) is 0 Å².